The van der Waals surface area contributed by atoms with Gasteiger partial charge in [0.2, 0.25) is 0 Å². The molecule has 9 nitrogen and oxygen atoms in total. The van der Waals surface area contributed by atoms with Gasteiger partial charge in [-0.15, -0.1) is 0 Å². The average Bonchev–Trinajstić information content (AvgIpc) is 2.74. The third-order valence-electron chi connectivity index (χ3n) is 4.96. The van der Waals surface area contributed by atoms with Crippen LogP contribution < -0.4 is 20.1 Å². The fourth-order valence-corrected chi connectivity index (χ4v) is 3.56. The van der Waals surface area contributed by atoms with Crippen LogP contribution in [0.4, 0.5) is 4.79 Å². The van der Waals surface area contributed by atoms with Crippen molar-refractivity contribution in [3.05, 3.63) is 35.0 Å². The maximum Gasteiger partial charge on any atom is 0.338 e. The molecule has 1 saturated heterocycles. The second-order valence-corrected chi connectivity index (χ2v) is 6.88. The Labute approximate surface area is 176 Å². The number of urea groups is 1. The molecular formula is C21H29N3O6. The van der Waals surface area contributed by atoms with Gasteiger partial charge in [0, 0.05) is 25.3 Å². The number of esters is 1. The molecule has 2 aliphatic rings. The Morgan fingerprint density at radius 3 is 2.63 bits per heavy atom. The molecule has 0 unspecified atom stereocenters. The zero-order valence-corrected chi connectivity index (χ0v) is 17.7. The molecule has 1 aromatic rings. The molecule has 0 aliphatic carbocycles. The number of ether oxygens (including phenoxy) is 4. The molecule has 3 rings (SSSR count). The number of nitrogens with one attached hydrogen (secondary N) is 2. The maximum atomic E-state index is 12.9. The first-order valence-electron chi connectivity index (χ1n) is 10.2. The third-order valence-corrected chi connectivity index (χ3v) is 4.96. The Morgan fingerprint density at radius 1 is 1.20 bits per heavy atom. The summed E-state index contributed by atoms with van der Waals surface area (Å²) in [4.78, 5) is 27.5. The van der Waals surface area contributed by atoms with Crippen molar-refractivity contribution in [3.8, 4) is 11.5 Å². The topological polar surface area (TPSA) is 98.4 Å². The van der Waals surface area contributed by atoms with Crippen molar-refractivity contribution in [1.82, 2.24) is 15.5 Å². The number of hydrogen-bond donors (Lipinski definition) is 2. The summed E-state index contributed by atoms with van der Waals surface area (Å²) in [6, 6.07) is 4.32. The number of nitrogens with zero attached hydrogens (tertiary/aromatic N) is 1. The van der Waals surface area contributed by atoms with Gasteiger partial charge in [-0.1, -0.05) is 6.07 Å². The zero-order chi connectivity index (χ0) is 21.5. The van der Waals surface area contributed by atoms with E-state index in [9.17, 15) is 9.59 Å². The second kappa shape index (κ2) is 10.3. The first-order chi connectivity index (χ1) is 14.6. The van der Waals surface area contributed by atoms with Crippen LogP contribution in [-0.2, 0) is 14.3 Å². The number of rotatable bonds is 8. The number of amides is 2. The number of morpholine rings is 1. The van der Waals surface area contributed by atoms with Gasteiger partial charge in [0.05, 0.1) is 45.2 Å². The van der Waals surface area contributed by atoms with E-state index in [1.807, 2.05) is 13.0 Å². The molecule has 0 bridgehead atoms. The predicted octanol–water partition coefficient (Wildman–Crippen LogP) is 1.60. The highest BCUT2D eigenvalue weighted by molar-refractivity contribution is 5.95. The molecule has 0 saturated carbocycles. The summed E-state index contributed by atoms with van der Waals surface area (Å²) in [5.74, 6) is 0.658. The van der Waals surface area contributed by atoms with Crippen LogP contribution in [0.5, 0.6) is 11.5 Å². The van der Waals surface area contributed by atoms with Crippen molar-refractivity contribution in [2.75, 3.05) is 53.2 Å². The van der Waals surface area contributed by atoms with Crippen LogP contribution in [0.25, 0.3) is 0 Å². The van der Waals surface area contributed by atoms with Crippen molar-refractivity contribution in [2.45, 2.75) is 19.9 Å². The maximum absolute atomic E-state index is 12.9. The fraction of sp³-hybridized carbons (Fsp3) is 0.524. The summed E-state index contributed by atoms with van der Waals surface area (Å²) in [5, 5.41) is 5.65. The van der Waals surface area contributed by atoms with Crippen LogP contribution in [-0.4, -0.2) is 70.1 Å². The normalized spacial score (nSPS) is 19.7. The molecular weight excluding hydrogens is 390 g/mol. The Balaban J connectivity index is 2.00. The average molecular weight is 419 g/mol. The highest BCUT2D eigenvalue weighted by Crippen LogP contribution is 2.34. The Kier molecular flexibility index (Phi) is 7.53. The molecule has 1 fully saturated rings. The van der Waals surface area contributed by atoms with Gasteiger partial charge in [-0.25, -0.2) is 9.59 Å². The molecule has 0 radical (unpaired) electrons. The van der Waals surface area contributed by atoms with Gasteiger partial charge in [0.15, 0.2) is 11.5 Å². The predicted molar refractivity (Wildman–Crippen MR) is 109 cm³/mol. The molecule has 0 spiro atoms. The molecule has 0 aromatic heterocycles. The van der Waals surface area contributed by atoms with E-state index in [1.165, 1.54) is 0 Å². The van der Waals surface area contributed by atoms with Crippen LogP contribution in [0.1, 0.15) is 25.5 Å². The van der Waals surface area contributed by atoms with Crippen LogP contribution in [0.2, 0.25) is 0 Å². The van der Waals surface area contributed by atoms with Gasteiger partial charge in [0.1, 0.15) is 0 Å². The smallest absolute Gasteiger partial charge is 0.338 e. The molecule has 2 aliphatic heterocycles. The number of carbonyl (C=O) groups is 2. The number of carbonyl (C=O) groups excluding carboxylic acids is 2. The van der Waals surface area contributed by atoms with Crippen molar-refractivity contribution in [3.63, 3.8) is 0 Å². The minimum atomic E-state index is -0.668. The summed E-state index contributed by atoms with van der Waals surface area (Å²) in [5.41, 5.74) is 1.62. The van der Waals surface area contributed by atoms with E-state index < -0.39 is 12.0 Å². The van der Waals surface area contributed by atoms with Crippen LogP contribution in [0.3, 0.4) is 0 Å². The largest absolute Gasteiger partial charge is 0.493 e. The molecule has 2 N–H and O–H groups in total. The molecule has 9 heteroatoms. The Hall–Kier alpha value is -2.78. The van der Waals surface area contributed by atoms with Crippen LogP contribution >= 0.6 is 0 Å². The van der Waals surface area contributed by atoms with E-state index in [-0.39, 0.29) is 12.6 Å². The lowest BCUT2D eigenvalue weighted by Gasteiger charge is -2.33. The van der Waals surface area contributed by atoms with E-state index in [0.29, 0.717) is 54.7 Å². The van der Waals surface area contributed by atoms with Gasteiger partial charge in [-0.3, -0.25) is 4.90 Å². The van der Waals surface area contributed by atoms with Crippen LogP contribution in [0, 0.1) is 0 Å². The van der Waals surface area contributed by atoms with Gasteiger partial charge in [-0.05, 0) is 31.5 Å². The highest BCUT2D eigenvalue weighted by Gasteiger charge is 2.35. The van der Waals surface area contributed by atoms with Gasteiger partial charge < -0.3 is 29.6 Å². The first kappa shape index (κ1) is 21.9. The molecule has 30 heavy (non-hydrogen) atoms. The lowest BCUT2D eigenvalue weighted by molar-refractivity contribution is -0.139. The summed E-state index contributed by atoms with van der Waals surface area (Å²) in [6.07, 6.45) is 0. The molecule has 1 atom stereocenters. The molecule has 1 aromatic carbocycles. The minimum Gasteiger partial charge on any atom is -0.493 e. The lowest BCUT2D eigenvalue weighted by atomic mass is 9.94. The molecule has 164 valence electrons. The first-order valence-corrected chi connectivity index (χ1v) is 10.2. The molecule has 2 amide bonds. The summed E-state index contributed by atoms with van der Waals surface area (Å²) >= 11 is 0. The van der Waals surface area contributed by atoms with E-state index >= 15 is 0 Å². The quantitative estimate of drug-likeness (QED) is 0.618. The van der Waals surface area contributed by atoms with E-state index in [2.05, 4.69) is 15.5 Å². The number of benzene rings is 1. The van der Waals surface area contributed by atoms with Crippen molar-refractivity contribution < 1.29 is 28.5 Å². The second-order valence-electron chi connectivity index (χ2n) is 6.88. The lowest BCUT2D eigenvalue weighted by Crippen LogP contribution is -2.49. The van der Waals surface area contributed by atoms with Crippen molar-refractivity contribution >= 4 is 12.0 Å². The summed E-state index contributed by atoms with van der Waals surface area (Å²) in [7, 11) is 1.55. The van der Waals surface area contributed by atoms with Crippen molar-refractivity contribution in [1.29, 1.82) is 0 Å². The van der Waals surface area contributed by atoms with Gasteiger partial charge >= 0.3 is 12.0 Å². The standard InChI is InChI=1S/C21H29N3O6/c1-4-29-16-7-6-14(12-17(16)27-3)19-18(20(25)30-5-2)15(22-21(26)23-19)13-24-8-10-28-11-9-24/h6-7,12,19H,4-5,8-11,13H2,1-3H3,(H2,22,23,26)/t19-/m1/s1. The Bertz CT molecular complexity index is 804. The van der Waals surface area contributed by atoms with E-state index in [1.54, 1.807) is 26.2 Å². The van der Waals surface area contributed by atoms with Gasteiger partial charge in [0.25, 0.3) is 0 Å². The van der Waals surface area contributed by atoms with Gasteiger partial charge in [-0.2, -0.15) is 0 Å². The summed E-state index contributed by atoms with van der Waals surface area (Å²) < 4.78 is 21.7. The van der Waals surface area contributed by atoms with E-state index in [4.69, 9.17) is 18.9 Å². The molecule has 2 heterocycles. The fourth-order valence-electron chi connectivity index (χ4n) is 3.56. The summed E-state index contributed by atoms with van der Waals surface area (Å²) in [6.45, 7) is 7.49. The SMILES string of the molecule is CCOC(=O)C1=C(CN2CCOCC2)NC(=O)N[C@@H]1c1ccc(OCC)c(OC)c1. The van der Waals surface area contributed by atoms with Crippen LogP contribution in [0.15, 0.2) is 29.5 Å². The zero-order valence-electron chi connectivity index (χ0n) is 17.7. The number of methoxy groups -OCH3 is 1. The third kappa shape index (κ3) is 5.03. The van der Waals surface area contributed by atoms with Crippen molar-refractivity contribution in [2.24, 2.45) is 0 Å². The van der Waals surface area contributed by atoms with E-state index in [0.717, 1.165) is 13.1 Å². The minimum absolute atomic E-state index is 0.237. The Morgan fingerprint density at radius 2 is 1.97 bits per heavy atom. The monoisotopic (exact) mass is 419 g/mol. The number of hydrogen-bond acceptors (Lipinski definition) is 7. The highest BCUT2D eigenvalue weighted by atomic mass is 16.5.